The van der Waals surface area contributed by atoms with E-state index < -0.39 is 0 Å². The van der Waals surface area contributed by atoms with Crippen molar-refractivity contribution in [3.8, 4) is 0 Å². The van der Waals surface area contributed by atoms with Gasteiger partial charge in [-0.1, -0.05) is 43.2 Å². The molecule has 1 N–H and O–H groups in total. The Hall–Kier alpha value is -1.82. The maximum Gasteiger partial charge on any atom is 0.262 e. The van der Waals surface area contributed by atoms with Gasteiger partial charge in [0.1, 0.15) is 0 Å². The lowest BCUT2D eigenvalue weighted by Gasteiger charge is -2.22. The lowest BCUT2D eigenvalue weighted by atomic mass is 9.95. The Morgan fingerprint density at radius 3 is 2.78 bits per heavy atom. The van der Waals surface area contributed by atoms with Crippen LogP contribution in [0, 0.1) is 0 Å². The van der Waals surface area contributed by atoms with Crippen LogP contribution in [0.3, 0.4) is 0 Å². The molecular weight excluding hydrogens is 358 g/mol. The normalized spacial score (nSPS) is 15.1. The number of amides is 1. The molecule has 2 aromatic rings. The summed E-state index contributed by atoms with van der Waals surface area (Å²) < 4.78 is 1.74. The maximum absolute atomic E-state index is 12.6. The number of para-hydroxylation sites is 1. The summed E-state index contributed by atoms with van der Waals surface area (Å²) in [5, 5.41) is 4.61. The molecule has 0 radical (unpaired) electrons. The van der Waals surface area contributed by atoms with Crippen molar-refractivity contribution < 1.29 is 4.79 Å². The number of unbranched alkanes of at least 4 members (excludes halogenated alkanes) is 1. The Morgan fingerprint density at radius 1 is 1.22 bits per heavy atom. The van der Waals surface area contributed by atoms with E-state index in [4.69, 9.17) is 0 Å². The van der Waals surface area contributed by atoms with Crippen molar-refractivity contribution in [3.63, 3.8) is 0 Å². The number of fused-ring (bicyclic) bond motifs is 1. The van der Waals surface area contributed by atoms with Crippen LogP contribution in [-0.4, -0.2) is 27.3 Å². The fourth-order valence-electron chi connectivity index (χ4n) is 3.63. The molecule has 1 aliphatic carbocycles. The molecule has 0 bridgehead atoms. The van der Waals surface area contributed by atoms with Gasteiger partial charge in [-0.3, -0.25) is 14.2 Å². The molecule has 1 heterocycles. The molecule has 1 saturated carbocycles. The number of carbonyl (C=O) groups is 1. The van der Waals surface area contributed by atoms with E-state index in [-0.39, 0.29) is 11.5 Å². The van der Waals surface area contributed by atoms with Gasteiger partial charge in [-0.05, 0) is 44.7 Å². The number of hydrogen-bond acceptors (Lipinski definition) is 4. The fourth-order valence-corrected chi connectivity index (χ4v) is 4.70. The minimum Gasteiger partial charge on any atom is -0.353 e. The third-order valence-corrected chi connectivity index (χ3v) is 6.21. The molecule has 1 aromatic heterocycles. The summed E-state index contributed by atoms with van der Waals surface area (Å²) in [4.78, 5) is 29.3. The number of nitrogens with zero attached hydrogens (tertiary/aromatic N) is 2. The number of nitrogens with one attached hydrogen (secondary N) is 1. The molecule has 1 aliphatic rings. The Morgan fingerprint density at radius 2 is 2.00 bits per heavy atom. The highest BCUT2D eigenvalue weighted by molar-refractivity contribution is 7.99. The molecule has 1 aromatic carbocycles. The minimum atomic E-state index is 0.0254. The molecule has 0 saturated heterocycles. The molecule has 6 heteroatoms. The van der Waals surface area contributed by atoms with Gasteiger partial charge in [0.2, 0.25) is 5.91 Å². The van der Waals surface area contributed by atoms with Gasteiger partial charge in [0.15, 0.2) is 5.16 Å². The predicted molar refractivity (Wildman–Crippen MR) is 111 cm³/mol. The second kappa shape index (κ2) is 9.93. The molecule has 146 valence electrons. The molecule has 0 unspecified atom stereocenters. The van der Waals surface area contributed by atoms with Crippen molar-refractivity contribution in [2.24, 2.45) is 0 Å². The smallest absolute Gasteiger partial charge is 0.262 e. The summed E-state index contributed by atoms with van der Waals surface area (Å²) in [6, 6.07) is 7.88. The van der Waals surface area contributed by atoms with Crippen molar-refractivity contribution in [2.75, 3.05) is 5.75 Å². The third-order valence-electron chi connectivity index (χ3n) is 5.14. The molecular formula is C21H29N3O2S. The minimum absolute atomic E-state index is 0.0254. The number of benzene rings is 1. The lowest BCUT2D eigenvalue weighted by molar-refractivity contribution is -0.122. The average molecular weight is 388 g/mol. The Balaban J connectivity index is 1.47. The van der Waals surface area contributed by atoms with E-state index in [0.29, 0.717) is 24.4 Å². The maximum atomic E-state index is 12.6. The van der Waals surface area contributed by atoms with Crippen LogP contribution in [0.15, 0.2) is 34.2 Å². The van der Waals surface area contributed by atoms with Gasteiger partial charge in [-0.15, -0.1) is 0 Å². The van der Waals surface area contributed by atoms with Crippen molar-refractivity contribution >= 4 is 28.6 Å². The van der Waals surface area contributed by atoms with Gasteiger partial charge >= 0.3 is 0 Å². The van der Waals surface area contributed by atoms with E-state index in [1.807, 2.05) is 31.2 Å². The first-order valence-electron chi connectivity index (χ1n) is 10.1. The van der Waals surface area contributed by atoms with E-state index >= 15 is 0 Å². The second-order valence-corrected chi connectivity index (χ2v) is 8.23. The van der Waals surface area contributed by atoms with Crippen LogP contribution in [0.1, 0.15) is 58.3 Å². The topological polar surface area (TPSA) is 64.0 Å². The first kappa shape index (κ1) is 19.9. The number of rotatable bonds is 8. The second-order valence-electron chi connectivity index (χ2n) is 7.17. The summed E-state index contributed by atoms with van der Waals surface area (Å²) in [7, 11) is 0. The van der Waals surface area contributed by atoms with Gasteiger partial charge in [0, 0.05) is 24.8 Å². The zero-order valence-electron chi connectivity index (χ0n) is 16.1. The molecule has 27 heavy (non-hydrogen) atoms. The van der Waals surface area contributed by atoms with E-state index in [0.717, 1.165) is 42.1 Å². The molecule has 3 rings (SSSR count). The van der Waals surface area contributed by atoms with E-state index in [2.05, 4.69) is 10.3 Å². The van der Waals surface area contributed by atoms with E-state index in [9.17, 15) is 9.59 Å². The summed E-state index contributed by atoms with van der Waals surface area (Å²) in [5.41, 5.74) is 0.777. The first-order valence-corrected chi connectivity index (χ1v) is 11.1. The fraction of sp³-hybridized carbons (Fsp3) is 0.571. The largest absolute Gasteiger partial charge is 0.353 e. The Kier molecular flexibility index (Phi) is 7.33. The van der Waals surface area contributed by atoms with E-state index in [1.54, 1.807) is 16.3 Å². The summed E-state index contributed by atoms with van der Waals surface area (Å²) in [6.07, 6.45) is 8.43. The van der Waals surface area contributed by atoms with Gasteiger partial charge in [-0.2, -0.15) is 0 Å². The number of carbonyl (C=O) groups excluding carboxylic acids is 1. The first-order chi connectivity index (χ1) is 13.2. The van der Waals surface area contributed by atoms with Crippen LogP contribution in [0.5, 0.6) is 0 Å². The zero-order valence-corrected chi connectivity index (χ0v) is 16.9. The monoisotopic (exact) mass is 387 g/mol. The molecule has 0 aliphatic heterocycles. The zero-order chi connectivity index (χ0) is 19.1. The van der Waals surface area contributed by atoms with Crippen LogP contribution in [0.4, 0.5) is 0 Å². The highest BCUT2D eigenvalue weighted by Gasteiger charge is 2.15. The summed E-state index contributed by atoms with van der Waals surface area (Å²) >= 11 is 1.61. The number of aromatic nitrogens is 2. The molecule has 0 spiro atoms. The van der Waals surface area contributed by atoms with E-state index in [1.165, 1.54) is 19.3 Å². The standard InChI is InChI=1S/C21H29N3O2S/c1-2-24-20(26)17-12-6-7-13-18(17)23-21(24)27-15-9-8-14-19(25)22-16-10-4-3-5-11-16/h6-7,12-13,16H,2-5,8-11,14-15H2,1H3,(H,22,25). The quantitative estimate of drug-likeness (QED) is 0.420. The van der Waals surface area contributed by atoms with Gasteiger partial charge in [0.05, 0.1) is 10.9 Å². The molecule has 0 atom stereocenters. The van der Waals surface area contributed by atoms with Crippen LogP contribution < -0.4 is 10.9 Å². The average Bonchev–Trinajstić information content (AvgIpc) is 2.69. The van der Waals surface area contributed by atoms with Gasteiger partial charge < -0.3 is 5.32 Å². The predicted octanol–water partition coefficient (Wildman–Crippen LogP) is 4.13. The molecule has 1 fully saturated rings. The highest BCUT2D eigenvalue weighted by Crippen LogP contribution is 2.20. The van der Waals surface area contributed by atoms with Crippen molar-refractivity contribution in [2.45, 2.75) is 76.0 Å². The lowest BCUT2D eigenvalue weighted by Crippen LogP contribution is -2.35. The van der Waals surface area contributed by atoms with Crippen molar-refractivity contribution in [1.29, 1.82) is 0 Å². The summed E-state index contributed by atoms with van der Waals surface area (Å²) in [5.74, 6) is 1.04. The number of hydrogen-bond donors (Lipinski definition) is 1. The van der Waals surface area contributed by atoms with Crippen molar-refractivity contribution in [3.05, 3.63) is 34.6 Å². The summed E-state index contributed by atoms with van der Waals surface area (Å²) in [6.45, 7) is 2.58. The Bertz CT molecular complexity index is 828. The van der Waals surface area contributed by atoms with Gasteiger partial charge in [-0.25, -0.2) is 4.98 Å². The third kappa shape index (κ3) is 5.34. The molecule has 5 nitrogen and oxygen atoms in total. The highest BCUT2D eigenvalue weighted by atomic mass is 32.2. The van der Waals surface area contributed by atoms with Crippen LogP contribution >= 0.6 is 11.8 Å². The van der Waals surface area contributed by atoms with Crippen LogP contribution in [0.2, 0.25) is 0 Å². The van der Waals surface area contributed by atoms with Gasteiger partial charge in [0.25, 0.3) is 5.56 Å². The molecule has 1 amide bonds. The Labute approximate surface area is 164 Å². The van der Waals surface area contributed by atoms with Crippen LogP contribution in [0.25, 0.3) is 10.9 Å². The SMILES string of the molecule is CCn1c(SCCCCC(=O)NC2CCCCC2)nc2ccccc2c1=O. The van der Waals surface area contributed by atoms with Crippen LogP contribution in [-0.2, 0) is 11.3 Å². The van der Waals surface area contributed by atoms with Crippen molar-refractivity contribution in [1.82, 2.24) is 14.9 Å². The number of thioether (sulfide) groups is 1.